The van der Waals surface area contributed by atoms with Gasteiger partial charge in [0.25, 0.3) is 10.0 Å². The summed E-state index contributed by atoms with van der Waals surface area (Å²) in [6.07, 6.45) is 0. The summed E-state index contributed by atoms with van der Waals surface area (Å²) >= 11 is 4.93. The Hall–Kier alpha value is -2.49. The fraction of sp³-hybridized carbons (Fsp3) is 0.100. The average Bonchev–Trinajstić information content (AvgIpc) is 3.22. The quantitative estimate of drug-likeness (QED) is 0.406. The summed E-state index contributed by atoms with van der Waals surface area (Å²) in [6, 6.07) is 18.6. The lowest BCUT2D eigenvalue weighted by atomic mass is 10.3. The summed E-state index contributed by atoms with van der Waals surface area (Å²) in [4.78, 5) is 0.172. The number of anilines is 1. The van der Waals surface area contributed by atoms with Crippen LogP contribution in [0.15, 0.2) is 76.1 Å². The lowest BCUT2D eigenvalue weighted by Gasteiger charge is -2.24. The van der Waals surface area contributed by atoms with E-state index in [4.69, 9.17) is 0 Å². The number of aromatic nitrogens is 1. The Bertz CT molecular complexity index is 1250. The van der Waals surface area contributed by atoms with Crippen LogP contribution < -0.4 is 4.31 Å². The first-order valence-corrected chi connectivity index (χ1v) is 11.8. The molecule has 0 aliphatic heterocycles. The van der Waals surface area contributed by atoms with Gasteiger partial charge in [-0.05, 0) is 34.1 Å². The van der Waals surface area contributed by atoms with Gasteiger partial charge in [-0.2, -0.15) is 0 Å². The Morgan fingerprint density at radius 2 is 1.55 bits per heavy atom. The normalized spacial score (nSPS) is 11.8. The van der Waals surface area contributed by atoms with Crippen molar-refractivity contribution in [1.82, 2.24) is 4.57 Å². The Kier molecular flexibility index (Phi) is 5.28. The van der Waals surface area contributed by atoms with Crippen LogP contribution >= 0.6 is 27.3 Å². The molecule has 2 heterocycles. The number of rotatable bonds is 6. The van der Waals surface area contributed by atoms with E-state index in [0.717, 1.165) is 10.1 Å². The van der Waals surface area contributed by atoms with E-state index in [1.165, 1.54) is 32.3 Å². The molecule has 0 amide bonds. The van der Waals surface area contributed by atoms with Gasteiger partial charge in [-0.1, -0.05) is 36.4 Å². The van der Waals surface area contributed by atoms with Crippen molar-refractivity contribution in [2.75, 3.05) is 10.8 Å². The van der Waals surface area contributed by atoms with E-state index in [1.807, 2.05) is 24.3 Å². The maximum Gasteiger partial charge on any atom is 0.265 e. The maximum atomic E-state index is 13.5. The molecule has 0 saturated heterocycles. The Labute approximate surface area is 180 Å². The van der Waals surface area contributed by atoms with Gasteiger partial charge in [0.05, 0.1) is 15.9 Å². The molecular weight excluding hydrogens is 476 g/mol. The minimum atomic E-state index is -3.87. The zero-order valence-corrected chi connectivity index (χ0v) is 18.3. The molecule has 0 atom stereocenters. The molecular formula is C20H17BrN2O4S2. The van der Waals surface area contributed by atoms with Crippen molar-refractivity contribution >= 4 is 52.4 Å². The SMILES string of the molecule is O=S(=O)(c1ccccc1)N(CCn1c(O)ccc1O)c1sc2ccccc2c1Br. The lowest BCUT2D eigenvalue weighted by molar-refractivity contribution is 0.370. The first-order valence-electron chi connectivity index (χ1n) is 8.72. The molecule has 0 aliphatic rings. The molecule has 0 fully saturated rings. The van der Waals surface area contributed by atoms with E-state index < -0.39 is 10.0 Å². The number of nitrogens with zero attached hydrogens (tertiary/aromatic N) is 2. The van der Waals surface area contributed by atoms with Crippen LogP contribution in [0.1, 0.15) is 0 Å². The molecule has 4 rings (SSSR count). The van der Waals surface area contributed by atoms with Crippen molar-refractivity contribution in [3.63, 3.8) is 0 Å². The number of benzene rings is 2. The highest BCUT2D eigenvalue weighted by molar-refractivity contribution is 9.10. The predicted octanol–water partition coefficient (Wildman–Crippen LogP) is 4.77. The van der Waals surface area contributed by atoms with Crippen LogP contribution in [0, 0.1) is 0 Å². The van der Waals surface area contributed by atoms with Crippen LogP contribution in [-0.4, -0.2) is 29.7 Å². The van der Waals surface area contributed by atoms with E-state index in [0.29, 0.717) is 9.47 Å². The average molecular weight is 493 g/mol. The van der Waals surface area contributed by atoms with Crippen molar-refractivity contribution < 1.29 is 18.6 Å². The third-order valence-electron chi connectivity index (χ3n) is 4.54. The van der Waals surface area contributed by atoms with Gasteiger partial charge in [0, 0.05) is 28.8 Å². The molecule has 0 unspecified atom stereocenters. The van der Waals surface area contributed by atoms with Crippen molar-refractivity contribution in [3.05, 3.63) is 71.2 Å². The van der Waals surface area contributed by atoms with Crippen molar-refractivity contribution in [1.29, 1.82) is 0 Å². The second kappa shape index (κ2) is 7.74. The summed E-state index contributed by atoms with van der Waals surface area (Å²) in [6.45, 7) is 0.107. The zero-order chi connectivity index (χ0) is 20.6. The standard InChI is InChI=1S/C20H17BrN2O4S2/c21-19-15-8-4-5-9-16(15)28-20(19)23(13-12-22-17(24)10-11-18(22)25)29(26,27)14-6-2-1-3-7-14/h1-11,24-25H,12-13H2. The molecule has 0 radical (unpaired) electrons. The number of hydrogen-bond acceptors (Lipinski definition) is 5. The van der Waals surface area contributed by atoms with Crippen molar-refractivity contribution in [3.8, 4) is 11.8 Å². The summed E-state index contributed by atoms with van der Waals surface area (Å²) in [7, 11) is -3.87. The lowest BCUT2D eigenvalue weighted by Crippen LogP contribution is -2.33. The number of halogens is 1. The van der Waals surface area contributed by atoms with Crippen LogP contribution in [0.2, 0.25) is 0 Å². The van der Waals surface area contributed by atoms with Crippen LogP contribution in [0.5, 0.6) is 11.8 Å². The molecule has 2 aromatic carbocycles. The van der Waals surface area contributed by atoms with E-state index in [2.05, 4.69) is 15.9 Å². The highest BCUT2D eigenvalue weighted by Crippen LogP contribution is 2.43. The summed E-state index contributed by atoms with van der Waals surface area (Å²) in [5.74, 6) is -0.259. The van der Waals surface area contributed by atoms with Crippen molar-refractivity contribution in [2.45, 2.75) is 11.4 Å². The Balaban J connectivity index is 1.81. The van der Waals surface area contributed by atoms with Gasteiger partial charge in [-0.15, -0.1) is 11.3 Å². The molecule has 0 saturated carbocycles. The van der Waals surface area contributed by atoms with Crippen LogP contribution in [0.4, 0.5) is 5.00 Å². The topological polar surface area (TPSA) is 82.8 Å². The largest absolute Gasteiger partial charge is 0.494 e. The maximum absolute atomic E-state index is 13.5. The van der Waals surface area contributed by atoms with Crippen LogP contribution in [-0.2, 0) is 16.6 Å². The highest BCUT2D eigenvalue weighted by atomic mass is 79.9. The molecule has 9 heteroatoms. The fourth-order valence-corrected chi connectivity index (χ4v) is 6.95. The van der Waals surface area contributed by atoms with Gasteiger partial charge >= 0.3 is 0 Å². The number of fused-ring (bicyclic) bond motifs is 1. The smallest absolute Gasteiger partial charge is 0.265 e. The molecule has 0 spiro atoms. The van der Waals surface area contributed by atoms with Crippen LogP contribution in [0.25, 0.3) is 10.1 Å². The minimum absolute atomic E-state index is 0.0262. The zero-order valence-electron chi connectivity index (χ0n) is 15.1. The minimum Gasteiger partial charge on any atom is -0.494 e. The molecule has 150 valence electrons. The molecule has 2 N–H and O–H groups in total. The summed E-state index contributed by atoms with van der Waals surface area (Å²) in [5.41, 5.74) is 0. The van der Waals surface area contributed by atoms with E-state index in [9.17, 15) is 18.6 Å². The van der Waals surface area contributed by atoms with E-state index >= 15 is 0 Å². The number of hydrogen-bond donors (Lipinski definition) is 2. The second-order valence-electron chi connectivity index (χ2n) is 6.31. The van der Waals surface area contributed by atoms with Gasteiger partial charge in [0.1, 0.15) is 5.00 Å². The second-order valence-corrected chi connectivity index (χ2v) is 9.99. The van der Waals surface area contributed by atoms with Gasteiger partial charge in [-0.25, -0.2) is 8.42 Å². The van der Waals surface area contributed by atoms with Crippen molar-refractivity contribution in [2.24, 2.45) is 0 Å². The van der Waals surface area contributed by atoms with E-state index in [1.54, 1.807) is 30.3 Å². The first-order chi connectivity index (χ1) is 13.9. The molecule has 0 bridgehead atoms. The third-order valence-corrected chi connectivity index (χ3v) is 8.72. The van der Waals surface area contributed by atoms with Gasteiger partial charge < -0.3 is 10.2 Å². The summed E-state index contributed by atoms with van der Waals surface area (Å²) < 4.78 is 31.2. The molecule has 6 nitrogen and oxygen atoms in total. The monoisotopic (exact) mass is 492 g/mol. The number of thiophene rings is 1. The Morgan fingerprint density at radius 3 is 2.21 bits per heavy atom. The van der Waals surface area contributed by atoms with Crippen LogP contribution in [0.3, 0.4) is 0 Å². The molecule has 29 heavy (non-hydrogen) atoms. The molecule has 0 aliphatic carbocycles. The Morgan fingerprint density at radius 1 is 0.931 bits per heavy atom. The molecule has 4 aromatic rings. The van der Waals surface area contributed by atoms with Gasteiger partial charge in [-0.3, -0.25) is 8.87 Å². The number of sulfonamides is 1. The van der Waals surface area contributed by atoms with Gasteiger partial charge in [0.2, 0.25) is 0 Å². The third kappa shape index (κ3) is 3.61. The summed E-state index contributed by atoms with van der Waals surface area (Å²) in [5, 5.41) is 21.3. The molecule has 2 aromatic heterocycles. The first kappa shape index (κ1) is 19.8. The van der Waals surface area contributed by atoms with E-state index in [-0.39, 0.29) is 29.7 Å². The van der Waals surface area contributed by atoms with Gasteiger partial charge in [0.15, 0.2) is 11.8 Å². The highest BCUT2D eigenvalue weighted by Gasteiger charge is 2.29. The fourth-order valence-electron chi connectivity index (χ4n) is 3.08. The predicted molar refractivity (Wildman–Crippen MR) is 118 cm³/mol. The number of aromatic hydroxyl groups is 2.